The molecule has 1 amide bonds. The zero-order valence-corrected chi connectivity index (χ0v) is 14.8. The van der Waals surface area contributed by atoms with E-state index >= 15 is 0 Å². The first-order chi connectivity index (χ1) is 12.3. The van der Waals surface area contributed by atoms with Crippen LogP contribution in [0.15, 0.2) is 54.6 Å². The first-order valence-corrected chi connectivity index (χ1v) is 9.00. The number of nitrogens with zero attached hydrogens (tertiary/aromatic N) is 1. The molecule has 2 aromatic rings. The molecule has 0 spiro atoms. The summed E-state index contributed by atoms with van der Waals surface area (Å²) < 4.78 is 5.94. The van der Waals surface area contributed by atoms with Crippen molar-refractivity contribution in [2.75, 3.05) is 26.7 Å². The van der Waals surface area contributed by atoms with Crippen molar-refractivity contribution in [1.82, 2.24) is 10.2 Å². The highest BCUT2D eigenvalue weighted by molar-refractivity contribution is 5.76. The van der Waals surface area contributed by atoms with Gasteiger partial charge in [0.15, 0.2) is 0 Å². The fourth-order valence-corrected chi connectivity index (χ4v) is 3.29. The summed E-state index contributed by atoms with van der Waals surface area (Å²) in [6.07, 6.45) is 2.62. The summed E-state index contributed by atoms with van der Waals surface area (Å²) in [7, 11) is 1.96. The van der Waals surface area contributed by atoms with E-state index in [1.807, 2.05) is 48.3 Å². The molecule has 1 aliphatic rings. The van der Waals surface area contributed by atoms with Crippen LogP contribution in [-0.4, -0.2) is 43.6 Å². The third kappa shape index (κ3) is 4.60. The van der Waals surface area contributed by atoms with Gasteiger partial charge in [0.25, 0.3) is 0 Å². The fraction of sp³-hybridized carbons (Fsp3) is 0.381. The van der Waals surface area contributed by atoms with Gasteiger partial charge in [-0.15, -0.1) is 0 Å². The van der Waals surface area contributed by atoms with Crippen molar-refractivity contribution < 1.29 is 9.53 Å². The van der Waals surface area contributed by atoms with Crippen LogP contribution in [0.5, 0.6) is 5.75 Å². The topological polar surface area (TPSA) is 41.6 Å². The third-order valence-electron chi connectivity index (χ3n) is 4.73. The standard InChI is InChI=1S/C21H26N2O2/c1-22-18-10-7-14-23(16-18)21(24)13-15-25-20-12-6-5-11-19(20)17-8-3-2-4-9-17/h2-6,8-9,11-12,18,22H,7,10,13-16H2,1H3. The highest BCUT2D eigenvalue weighted by Gasteiger charge is 2.22. The molecule has 4 nitrogen and oxygen atoms in total. The molecule has 1 unspecified atom stereocenters. The number of likely N-dealkylation sites (tertiary alicyclic amines) is 1. The molecule has 0 saturated carbocycles. The number of nitrogens with one attached hydrogen (secondary N) is 1. The van der Waals surface area contributed by atoms with Gasteiger partial charge >= 0.3 is 0 Å². The summed E-state index contributed by atoms with van der Waals surface area (Å²) in [5.74, 6) is 1.00. The minimum absolute atomic E-state index is 0.178. The zero-order chi connectivity index (χ0) is 17.5. The van der Waals surface area contributed by atoms with Crippen molar-refractivity contribution in [3.63, 3.8) is 0 Å². The van der Waals surface area contributed by atoms with Crippen LogP contribution in [-0.2, 0) is 4.79 Å². The van der Waals surface area contributed by atoms with Crippen LogP contribution < -0.4 is 10.1 Å². The molecular weight excluding hydrogens is 312 g/mol. The molecule has 2 aromatic carbocycles. The molecule has 0 aliphatic carbocycles. The number of hydrogen-bond acceptors (Lipinski definition) is 3. The first-order valence-electron chi connectivity index (χ1n) is 9.00. The molecule has 25 heavy (non-hydrogen) atoms. The Morgan fingerprint density at radius 2 is 1.92 bits per heavy atom. The van der Waals surface area contributed by atoms with E-state index in [0.717, 1.165) is 42.8 Å². The van der Waals surface area contributed by atoms with Crippen LogP contribution in [0.3, 0.4) is 0 Å². The van der Waals surface area contributed by atoms with Gasteiger partial charge in [0.1, 0.15) is 5.75 Å². The SMILES string of the molecule is CNC1CCCN(C(=O)CCOc2ccccc2-c2ccccc2)C1. The monoisotopic (exact) mass is 338 g/mol. The molecule has 1 heterocycles. The Morgan fingerprint density at radius 3 is 2.72 bits per heavy atom. The Morgan fingerprint density at radius 1 is 1.16 bits per heavy atom. The molecule has 1 aliphatic heterocycles. The van der Waals surface area contributed by atoms with Gasteiger partial charge in [-0.3, -0.25) is 4.79 Å². The maximum absolute atomic E-state index is 12.4. The van der Waals surface area contributed by atoms with Gasteiger partial charge in [-0.25, -0.2) is 0 Å². The molecule has 0 aromatic heterocycles. The Balaban J connectivity index is 1.57. The Kier molecular flexibility index (Phi) is 6.07. The maximum Gasteiger partial charge on any atom is 0.226 e. The maximum atomic E-state index is 12.4. The molecule has 1 N–H and O–H groups in total. The van der Waals surface area contributed by atoms with Crippen LogP contribution in [0.4, 0.5) is 0 Å². The molecule has 1 saturated heterocycles. The summed E-state index contributed by atoms with van der Waals surface area (Å²) in [5.41, 5.74) is 2.18. The van der Waals surface area contributed by atoms with Crippen LogP contribution in [0.1, 0.15) is 19.3 Å². The van der Waals surface area contributed by atoms with Crippen LogP contribution in [0, 0.1) is 0 Å². The number of benzene rings is 2. The second-order valence-corrected chi connectivity index (χ2v) is 6.43. The van der Waals surface area contributed by atoms with E-state index in [0.29, 0.717) is 19.1 Å². The lowest BCUT2D eigenvalue weighted by Crippen LogP contribution is -2.47. The van der Waals surface area contributed by atoms with Gasteiger partial charge in [0.2, 0.25) is 5.91 Å². The molecule has 1 atom stereocenters. The summed E-state index contributed by atoms with van der Waals surface area (Å²) in [6.45, 7) is 2.07. The molecule has 0 bridgehead atoms. The van der Waals surface area contributed by atoms with Gasteiger partial charge < -0.3 is 15.0 Å². The average molecular weight is 338 g/mol. The van der Waals surface area contributed by atoms with Crippen molar-refractivity contribution in [1.29, 1.82) is 0 Å². The predicted molar refractivity (Wildman–Crippen MR) is 101 cm³/mol. The van der Waals surface area contributed by atoms with Crippen molar-refractivity contribution in [3.05, 3.63) is 54.6 Å². The summed E-state index contributed by atoms with van der Waals surface area (Å²) in [4.78, 5) is 14.4. The van der Waals surface area contributed by atoms with Gasteiger partial charge in [-0.05, 0) is 31.5 Å². The fourth-order valence-electron chi connectivity index (χ4n) is 3.29. The Labute approximate surface area is 149 Å². The molecular formula is C21H26N2O2. The highest BCUT2D eigenvalue weighted by Crippen LogP contribution is 2.29. The predicted octanol–water partition coefficient (Wildman–Crippen LogP) is 3.33. The van der Waals surface area contributed by atoms with Crippen LogP contribution >= 0.6 is 0 Å². The lowest BCUT2D eigenvalue weighted by molar-refractivity contribution is -0.133. The van der Waals surface area contributed by atoms with Gasteiger partial charge in [-0.2, -0.15) is 0 Å². The van der Waals surface area contributed by atoms with Crippen LogP contribution in [0.25, 0.3) is 11.1 Å². The second kappa shape index (κ2) is 8.67. The summed E-state index contributed by atoms with van der Waals surface area (Å²) >= 11 is 0. The minimum Gasteiger partial charge on any atom is -0.492 e. The molecule has 4 heteroatoms. The molecule has 1 fully saturated rings. The first kappa shape index (κ1) is 17.5. The zero-order valence-electron chi connectivity index (χ0n) is 14.8. The average Bonchev–Trinajstić information content (AvgIpc) is 2.69. The Bertz CT molecular complexity index is 687. The number of amides is 1. The molecule has 0 radical (unpaired) electrons. The number of carbonyl (C=O) groups excluding carboxylic acids is 1. The lowest BCUT2D eigenvalue weighted by Gasteiger charge is -2.32. The van der Waals surface area contributed by atoms with Crippen LogP contribution in [0.2, 0.25) is 0 Å². The lowest BCUT2D eigenvalue weighted by atomic mass is 10.0. The summed E-state index contributed by atoms with van der Waals surface area (Å²) in [6, 6.07) is 18.6. The van der Waals surface area contributed by atoms with E-state index in [9.17, 15) is 4.79 Å². The molecule has 3 rings (SSSR count). The van der Waals surface area contributed by atoms with Gasteiger partial charge in [0, 0.05) is 24.7 Å². The summed E-state index contributed by atoms with van der Waals surface area (Å²) in [5, 5.41) is 3.27. The largest absolute Gasteiger partial charge is 0.492 e. The number of rotatable bonds is 6. The van der Waals surface area contributed by atoms with E-state index in [-0.39, 0.29) is 5.91 Å². The third-order valence-corrected chi connectivity index (χ3v) is 4.73. The smallest absolute Gasteiger partial charge is 0.226 e. The number of likely N-dealkylation sites (N-methyl/N-ethyl adjacent to an activating group) is 1. The Hall–Kier alpha value is -2.33. The normalized spacial score (nSPS) is 17.3. The van der Waals surface area contributed by atoms with E-state index in [4.69, 9.17) is 4.74 Å². The quantitative estimate of drug-likeness (QED) is 0.878. The van der Waals surface area contributed by atoms with Crippen molar-refractivity contribution in [2.24, 2.45) is 0 Å². The van der Waals surface area contributed by atoms with E-state index in [2.05, 4.69) is 23.5 Å². The number of piperidine rings is 1. The highest BCUT2D eigenvalue weighted by atomic mass is 16.5. The van der Waals surface area contributed by atoms with Crippen molar-refractivity contribution >= 4 is 5.91 Å². The minimum atomic E-state index is 0.178. The molecule has 132 valence electrons. The van der Waals surface area contributed by atoms with E-state index in [1.165, 1.54) is 0 Å². The van der Waals surface area contributed by atoms with E-state index in [1.54, 1.807) is 0 Å². The number of carbonyl (C=O) groups is 1. The van der Waals surface area contributed by atoms with Gasteiger partial charge in [0.05, 0.1) is 13.0 Å². The van der Waals surface area contributed by atoms with E-state index < -0.39 is 0 Å². The number of para-hydroxylation sites is 1. The van der Waals surface area contributed by atoms with Crippen molar-refractivity contribution in [2.45, 2.75) is 25.3 Å². The second-order valence-electron chi connectivity index (χ2n) is 6.43. The van der Waals surface area contributed by atoms with Crippen molar-refractivity contribution in [3.8, 4) is 16.9 Å². The number of hydrogen-bond donors (Lipinski definition) is 1. The number of ether oxygens (including phenoxy) is 1. The van der Waals surface area contributed by atoms with Gasteiger partial charge in [-0.1, -0.05) is 48.5 Å².